The van der Waals surface area contributed by atoms with Crippen molar-refractivity contribution in [3.05, 3.63) is 108 Å². The maximum Gasteiger partial charge on any atom is 0.422 e. The van der Waals surface area contributed by atoms with Crippen molar-refractivity contribution in [3.8, 4) is 11.1 Å². The summed E-state index contributed by atoms with van der Waals surface area (Å²) in [6, 6.07) is 22.3. The molecule has 2 aromatic heterocycles. The van der Waals surface area contributed by atoms with Crippen LogP contribution in [-0.2, 0) is 37.6 Å². The van der Waals surface area contributed by atoms with Crippen molar-refractivity contribution < 1.29 is 37.0 Å². The molecule has 0 aliphatic rings. The first-order valence-corrected chi connectivity index (χ1v) is 15.7. The number of esters is 1. The highest BCUT2D eigenvalue weighted by Gasteiger charge is 2.28. The second-order valence-electron chi connectivity index (χ2n) is 10.9. The number of amides is 2. The molecule has 0 saturated heterocycles. The Labute approximate surface area is 267 Å². The van der Waals surface area contributed by atoms with Crippen LogP contribution in [0.3, 0.4) is 0 Å². The molecule has 0 atom stereocenters. The summed E-state index contributed by atoms with van der Waals surface area (Å²) in [6.45, 7) is 5.66. The van der Waals surface area contributed by atoms with Gasteiger partial charge in [-0.1, -0.05) is 60.7 Å². The van der Waals surface area contributed by atoms with Gasteiger partial charge in [-0.15, -0.1) is 0 Å². The van der Waals surface area contributed by atoms with E-state index in [-0.39, 0.29) is 31.0 Å². The fraction of sp³-hybridized carbons (Fsp3) is 0.250. The van der Waals surface area contributed by atoms with Crippen LogP contribution in [0, 0.1) is 0 Å². The first-order valence-electron chi connectivity index (χ1n) is 14.2. The summed E-state index contributed by atoms with van der Waals surface area (Å²) in [5.41, 5.74) is 1.01. The highest BCUT2D eigenvalue weighted by atomic mass is 32.2. The zero-order valence-electron chi connectivity index (χ0n) is 25.6. The Morgan fingerprint density at radius 1 is 0.804 bits per heavy atom. The SMILES string of the molecule is CC(C)(C)OC(=O)NCCNc1ccc(-c2ccn(S(=O)(=O)NC(=O)OCc3ccccc3)c2C(=O)OCc2ccccc2)cn1. The molecule has 4 rings (SSSR count). The van der Waals surface area contributed by atoms with Gasteiger partial charge >= 0.3 is 28.4 Å². The smallest absolute Gasteiger partial charge is 0.422 e. The Hall–Kier alpha value is -5.37. The average molecular weight is 650 g/mol. The number of benzene rings is 2. The minimum Gasteiger partial charge on any atom is -0.456 e. The Morgan fingerprint density at radius 3 is 2.02 bits per heavy atom. The number of alkyl carbamates (subject to hydrolysis) is 1. The summed E-state index contributed by atoms with van der Waals surface area (Å²) in [5, 5.41) is 5.69. The van der Waals surface area contributed by atoms with Gasteiger partial charge in [0.25, 0.3) is 0 Å². The van der Waals surface area contributed by atoms with Crippen LogP contribution >= 0.6 is 0 Å². The molecule has 4 aromatic rings. The second kappa shape index (κ2) is 15.1. The van der Waals surface area contributed by atoms with Gasteiger partial charge in [0.05, 0.1) is 0 Å². The van der Waals surface area contributed by atoms with E-state index in [1.807, 2.05) is 10.8 Å². The molecule has 2 amide bonds. The molecular weight excluding hydrogens is 614 g/mol. The lowest BCUT2D eigenvalue weighted by atomic mass is 10.1. The lowest BCUT2D eigenvalue weighted by molar-refractivity contribution is 0.0463. The molecule has 0 bridgehead atoms. The number of pyridine rings is 1. The fourth-order valence-corrected chi connectivity index (χ4v) is 5.08. The maximum absolute atomic E-state index is 13.4. The van der Waals surface area contributed by atoms with Crippen LogP contribution in [0.4, 0.5) is 15.4 Å². The van der Waals surface area contributed by atoms with Crippen LogP contribution < -0.4 is 15.4 Å². The highest BCUT2D eigenvalue weighted by molar-refractivity contribution is 7.88. The number of nitrogens with zero attached hydrogens (tertiary/aromatic N) is 2. The monoisotopic (exact) mass is 649 g/mol. The minimum atomic E-state index is -4.64. The first-order chi connectivity index (χ1) is 21.9. The Kier molecular flexibility index (Phi) is 11.0. The number of rotatable bonds is 12. The van der Waals surface area contributed by atoms with Gasteiger partial charge < -0.3 is 24.8 Å². The first kappa shape index (κ1) is 33.5. The van der Waals surface area contributed by atoms with Crippen molar-refractivity contribution >= 4 is 34.2 Å². The summed E-state index contributed by atoms with van der Waals surface area (Å²) in [5.74, 6) is -0.472. The van der Waals surface area contributed by atoms with Crippen molar-refractivity contribution in [2.75, 3.05) is 18.4 Å². The van der Waals surface area contributed by atoms with Crippen LogP contribution in [0.2, 0.25) is 0 Å². The topological polar surface area (TPSA) is 167 Å². The fourth-order valence-electron chi connectivity index (χ4n) is 4.07. The van der Waals surface area contributed by atoms with Crippen LogP contribution in [0.25, 0.3) is 11.1 Å². The Bertz CT molecular complexity index is 1740. The number of nitrogens with one attached hydrogen (secondary N) is 3. The Morgan fingerprint density at radius 2 is 1.43 bits per heavy atom. The summed E-state index contributed by atoms with van der Waals surface area (Å²) in [7, 11) is -4.64. The van der Waals surface area contributed by atoms with Crippen LogP contribution in [0.1, 0.15) is 42.4 Å². The molecule has 0 radical (unpaired) electrons. The van der Waals surface area contributed by atoms with E-state index >= 15 is 0 Å². The molecule has 0 fully saturated rings. The molecule has 14 heteroatoms. The summed E-state index contributed by atoms with van der Waals surface area (Å²) < 4.78 is 44.8. The average Bonchev–Trinajstić information content (AvgIpc) is 3.48. The lowest BCUT2D eigenvalue weighted by Gasteiger charge is -2.19. The summed E-state index contributed by atoms with van der Waals surface area (Å²) in [4.78, 5) is 42.0. The van der Waals surface area contributed by atoms with Crippen LogP contribution in [0.15, 0.2) is 91.3 Å². The molecule has 46 heavy (non-hydrogen) atoms. The van der Waals surface area contributed by atoms with Gasteiger partial charge in [0, 0.05) is 36.6 Å². The van der Waals surface area contributed by atoms with Crippen molar-refractivity contribution in [2.24, 2.45) is 0 Å². The minimum absolute atomic E-state index is 0.116. The number of anilines is 1. The largest absolute Gasteiger partial charge is 0.456 e. The molecule has 0 aliphatic carbocycles. The third kappa shape index (κ3) is 9.82. The van der Waals surface area contributed by atoms with E-state index in [1.54, 1.807) is 87.5 Å². The zero-order chi connectivity index (χ0) is 33.2. The van der Waals surface area contributed by atoms with Gasteiger partial charge in [0.1, 0.15) is 24.6 Å². The van der Waals surface area contributed by atoms with E-state index in [4.69, 9.17) is 14.2 Å². The number of ether oxygens (including phenoxy) is 3. The molecule has 2 heterocycles. The zero-order valence-corrected chi connectivity index (χ0v) is 26.4. The number of carbonyl (C=O) groups excluding carboxylic acids is 3. The van der Waals surface area contributed by atoms with Crippen LogP contribution in [-0.4, -0.2) is 54.2 Å². The number of hydrogen-bond donors (Lipinski definition) is 3. The maximum atomic E-state index is 13.4. The predicted octanol–water partition coefficient (Wildman–Crippen LogP) is 4.86. The van der Waals surface area contributed by atoms with Gasteiger partial charge in [-0.2, -0.15) is 8.42 Å². The number of aromatic nitrogens is 2. The molecule has 13 nitrogen and oxygen atoms in total. The van der Waals surface area contributed by atoms with Gasteiger partial charge in [0.15, 0.2) is 5.69 Å². The van der Waals surface area contributed by atoms with Crippen molar-refractivity contribution in [1.82, 2.24) is 19.0 Å². The van der Waals surface area contributed by atoms with Crippen molar-refractivity contribution in [2.45, 2.75) is 39.6 Å². The van der Waals surface area contributed by atoms with E-state index in [2.05, 4.69) is 15.6 Å². The van der Waals surface area contributed by atoms with Crippen molar-refractivity contribution in [3.63, 3.8) is 0 Å². The van der Waals surface area contributed by atoms with E-state index in [0.29, 0.717) is 33.0 Å². The predicted molar refractivity (Wildman–Crippen MR) is 170 cm³/mol. The quantitative estimate of drug-likeness (QED) is 0.110. The van der Waals surface area contributed by atoms with Gasteiger partial charge in [0.2, 0.25) is 0 Å². The van der Waals surface area contributed by atoms with Gasteiger partial charge in [-0.25, -0.2) is 28.1 Å². The summed E-state index contributed by atoms with van der Waals surface area (Å²) in [6.07, 6.45) is 0.824. The van der Waals surface area contributed by atoms with E-state index in [1.165, 1.54) is 12.3 Å². The van der Waals surface area contributed by atoms with Gasteiger partial charge in [-0.05, 0) is 50.1 Å². The number of hydrogen-bond acceptors (Lipinski definition) is 10. The van der Waals surface area contributed by atoms with Crippen molar-refractivity contribution in [1.29, 1.82) is 0 Å². The molecule has 0 spiro atoms. The second-order valence-corrected chi connectivity index (χ2v) is 12.4. The molecule has 2 aromatic carbocycles. The standard InChI is InChI=1S/C32H35N5O8S/c1-32(2,3)45-30(39)34-18-17-33-27-15-14-25(20-35-27)26-16-19-37(28(26)29(38)43-21-23-10-6-4-7-11-23)46(41,42)36-31(40)44-22-24-12-8-5-9-13-24/h4-16,19-20H,17-18,21-22H2,1-3H3,(H,33,35)(H,34,39)(H,36,40). The third-order valence-corrected chi connectivity index (χ3v) is 7.36. The molecule has 0 unspecified atom stereocenters. The molecule has 0 saturated carbocycles. The lowest BCUT2D eigenvalue weighted by Crippen LogP contribution is -2.36. The van der Waals surface area contributed by atoms with E-state index in [9.17, 15) is 22.8 Å². The summed E-state index contributed by atoms with van der Waals surface area (Å²) >= 11 is 0. The third-order valence-electron chi connectivity index (χ3n) is 6.12. The number of carbonyl (C=O) groups is 3. The van der Waals surface area contributed by atoms with E-state index in [0.717, 1.165) is 6.20 Å². The molecule has 242 valence electrons. The normalized spacial score (nSPS) is 11.3. The Balaban J connectivity index is 1.50. The van der Waals surface area contributed by atoms with E-state index < -0.39 is 34.0 Å². The highest BCUT2D eigenvalue weighted by Crippen LogP contribution is 2.27. The molecule has 3 N–H and O–H groups in total. The van der Waals surface area contributed by atoms with Crippen LogP contribution in [0.5, 0.6) is 0 Å². The van der Waals surface area contributed by atoms with Gasteiger partial charge in [-0.3, -0.25) is 0 Å². The molecular formula is C32H35N5O8S. The molecule has 0 aliphatic heterocycles.